The van der Waals surface area contributed by atoms with Gasteiger partial charge in [0.2, 0.25) is 5.71 Å². The largest absolute Gasteiger partial charge is 0.439 e. The predicted molar refractivity (Wildman–Crippen MR) is 121 cm³/mol. The van der Waals surface area contributed by atoms with E-state index in [9.17, 15) is 0 Å². The number of rotatable bonds is 1. The van der Waals surface area contributed by atoms with Gasteiger partial charge in [-0.3, -0.25) is 9.55 Å². The lowest BCUT2D eigenvalue weighted by Crippen LogP contribution is -1.92. The topological polar surface area (TPSA) is 31.0 Å². The average molecular weight is 390 g/mol. The van der Waals surface area contributed by atoms with Gasteiger partial charge in [-0.25, -0.2) is 0 Å². The maximum Gasteiger partial charge on any atom is 0.213 e. The molecule has 136 valence electrons. The van der Waals surface area contributed by atoms with Gasteiger partial charge in [0.15, 0.2) is 0 Å². The Hall–Kier alpha value is -3.63. The number of benzene rings is 3. The smallest absolute Gasteiger partial charge is 0.213 e. The molecule has 0 atom stereocenters. The number of nitrogens with zero attached hydrogens (tertiary/aromatic N) is 2. The minimum absolute atomic E-state index is 0.869. The van der Waals surface area contributed by atoms with E-state index in [0.29, 0.717) is 0 Å². The van der Waals surface area contributed by atoms with Gasteiger partial charge >= 0.3 is 0 Å². The molecular formula is C25H14N2OS. The van der Waals surface area contributed by atoms with Crippen molar-refractivity contribution in [2.24, 2.45) is 0 Å². The standard InChI is InChI=1S/C25H14N2OS/c1-3-7-21-17(6-1)24-19-14-26-12-11-20(19)27(25(24)28-21)15-9-10-23-18(13-15)16-5-2-4-8-22(16)29-23/h1-14H. The van der Waals surface area contributed by atoms with Crippen LogP contribution in [0.5, 0.6) is 0 Å². The van der Waals surface area contributed by atoms with Crippen LogP contribution in [0.25, 0.3) is 58.8 Å². The third kappa shape index (κ3) is 1.99. The second-order valence-corrected chi connectivity index (χ2v) is 8.37. The number of para-hydroxylation sites is 1. The lowest BCUT2D eigenvalue weighted by atomic mass is 10.1. The van der Waals surface area contributed by atoms with Gasteiger partial charge in [-0.05, 0) is 36.4 Å². The summed E-state index contributed by atoms with van der Waals surface area (Å²) in [7, 11) is 0. The molecule has 0 bridgehead atoms. The second kappa shape index (κ2) is 5.46. The van der Waals surface area contributed by atoms with Crippen molar-refractivity contribution < 1.29 is 4.42 Å². The third-order valence-electron chi connectivity index (χ3n) is 5.71. The van der Waals surface area contributed by atoms with Gasteiger partial charge in [0.05, 0.1) is 10.9 Å². The van der Waals surface area contributed by atoms with Crippen molar-refractivity contribution in [2.75, 3.05) is 0 Å². The molecule has 0 radical (unpaired) electrons. The van der Waals surface area contributed by atoms with E-state index in [2.05, 4.69) is 70.2 Å². The minimum atomic E-state index is 0.869. The number of aromatic nitrogens is 2. The summed E-state index contributed by atoms with van der Waals surface area (Å²) in [6.07, 6.45) is 3.78. The molecule has 7 rings (SSSR count). The van der Waals surface area contributed by atoms with E-state index in [-0.39, 0.29) is 0 Å². The first kappa shape index (κ1) is 15.3. The van der Waals surface area contributed by atoms with Crippen LogP contribution in [0, 0.1) is 0 Å². The molecule has 0 N–H and O–H groups in total. The average Bonchev–Trinajstić information content (AvgIpc) is 3.41. The highest BCUT2D eigenvalue weighted by Crippen LogP contribution is 2.40. The van der Waals surface area contributed by atoms with Crippen molar-refractivity contribution in [1.29, 1.82) is 0 Å². The molecule has 0 aliphatic rings. The number of hydrogen-bond donors (Lipinski definition) is 0. The number of furan rings is 1. The maximum absolute atomic E-state index is 6.34. The van der Waals surface area contributed by atoms with E-state index in [4.69, 9.17) is 4.42 Å². The molecule has 0 saturated heterocycles. The van der Waals surface area contributed by atoms with E-state index in [1.807, 2.05) is 35.9 Å². The Morgan fingerprint density at radius 2 is 1.59 bits per heavy atom. The van der Waals surface area contributed by atoms with Crippen molar-refractivity contribution in [2.45, 2.75) is 0 Å². The molecule has 0 saturated carbocycles. The Bertz CT molecular complexity index is 1720. The number of hydrogen-bond acceptors (Lipinski definition) is 3. The van der Waals surface area contributed by atoms with Crippen molar-refractivity contribution >= 4 is 64.5 Å². The van der Waals surface area contributed by atoms with Crippen LogP contribution in [-0.4, -0.2) is 9.55 Å². The Kier molecular flexibility index (Phi) is 2.88. The molecule has 4 heteroatoms. The van der Waals surface area contributed by atoms with Gasteiger partial charge in [-0.2, -0.15) is 0 Å². The Morgan fingerprint density at radius 1 is 0.759 bits per heavy atom. The molecular weight excluding hydrogens is 376 g/mol. The van der Waals surface area contributed by atoms with E-state index in [1.165, 1.54) is 20.2 Å². The zero-order valence-electron chi connectivity index (χ0n) is 15.3. The number of fused-ring (bicyclic) bond motifs is 8. The van der Waals surface area contributed by atoms with Gasteiger partial charge in [-0.1, -0.05) is 36.4 Å². The lowest BCUT2D eigenvalue weighted by molar-refractivity contribution is 0.645. The van der Waals surface area contributed by atoms with Crippen molar-refractivity contribution in [3.8, 4) is 5.69 Å². The molecule has 0 aliphatic heterocycles. The second-order valence-electron chi connectivity index (χ2n) is 7.29. The molecule has 0 unspecified atom stereocenters. The Labute approximate surface area is 169 Å². The first-order valence-electron chi connectivity index (χ1n) is 9.56. The summed E-state index contributed by atoms with van der Waals surface area (Å²) in [6.45, 7) is 0. The summed E-state index contributed by atoms with van der Waals surface area (Å²) < 4.78 is 11.2. The van der Waals surface area contributed by atoms with Gasteiger partial charge < -0.3 is 4.42 Å². The van der Waals surface area contributed by atoms with E-state index in [0.717, 1.165) is 38.7 Å². The summed E-state index contributed by atoms with van der Waals surface area (Å²) in [4.78, 5) is 4.39. The van der Waals surface area contributed by atoms with Crippen molar-refractivity contribution in [3.05, 3.63) is 85.2 Å². The normalized spacial score (nSPS) is 12.1. The van der Waals surface area contributed by atoms with E-state index < -0.39 is 0 Å². The third-order valence-corrected chi connectivity index (χ3v) is 6.86. The molecule has 3 nitrogen and oxygen atoms in total. The van der Waals surface area contributed by atoms with Crippen molar-refractivity contribution in [3.63, 3.8) is 0 Å². The first-order chi connectivity index (χ1) is 14.4. The lowest BCUT2D eigenvalue weighted by Gasteiger charge is -2.06. The van der Waals surface area contributed by atoms with Crippen LogP contribution < -0.4 is 0 Å². The highest BCUT2D eigenvalue weighted by atomic mass is 32.1. The Morgan fingerprint density at radius 3 is 2.55 bits per heavy atom. The molecule has 0 spiro atoms. The zero-order chi connectivity index (χ0) is 18.9. The highest BCUT2D eigenvalue weighted by molar-refractivity contribution is 7.25. The van der Waals surface area contributed by atoms with Crippen LogP contribution in [0.3, 0.4) is 0 Å². The van der Waals surface area contributed by atoms with Crippen LogP contribution >= 0.6 is 11.3 Å². The van der Waals surface area contributed by atoms with Gasteiger partial charge in [0, 0.05) is 49.0 Å². The summed E-state index contributed by atoms with van der Waals surface area (Å²) in [5, 5.41) is 5.94. The fourth-order valence-corrected chi connectivity index (χ4v) is 5.53. The van der Waals surface area contributed by atoms with Gasteiger partial charge in [0.1, 0.15) is 5.58 Å². The molecule has 3 aromatic carbocycles. The van der Waals surface area contributed by atoms with Crippen LogP contribution in [-0.2, 0) is 0 Å². The molecule has 4 heterocycles. The molecule has 0 fully saturated rings. The van der Waals surface area contributed by atoms with E-state index >= 15 is 0 Å². The van der Waals surface area contributed by atoms with Crippen LogP contribution in [0.2, 0.25) is 0 Å². The summed E-state index contributed by atoms with van der Waals surface area (Å²) in [5.74, 6) is 0. The molecule has 7 aromatic rings. The van der Waals surface area contributed by atoms with Gasteiger partial charge in [0.25, 0.3) is 0 Å². The quantitative estimate of drug-likeness (QED) is 0.295. The van der Waals surface area contributed by atoms with Crippen LogP contribution in [0.15, 0.2) is 89.6 Å². The zero-order valence-corrected chi connectivity index (χ0v) is 16.1. The molecule has 0 amide bonds. The van der Waals surface area contributed by atoms with Crippen LogP contribution in [0.1, 0.15) is 0 Å². The molecule has 29 heavy (non-hydrogen) atoms. The summed E-state index contributed by atoms with van der Waals surface area (Å²) >= 11 is 1.84. The first-order valence-corrected chi connectivity index (χ1v) is 10.4. The van der Waals surface area contributed by atoms with E-state index in [1.54, 1.807) is 0 Å². The van der Waals surface area contributed by atoms with Crippen LogP contribution in [0.4, 0.5) is 0 Å². The van der Waals surface area contributed by atoms with Gasteiger partial charge in [-0.15, -0.1) is 11.3 Å². The number of pyridine rings is 1. The maximum atomic E-state index is 6.34. The fourth-order valence-electron chi connectivity index (χ4n) is 4.44. The monoisotopic (exact) mass is 390 g/mol. The SMILES string of the molecule is c1ccc2c(c1)oc1c2c2cnccc2n1-c1ccc2sc3ccccc3c2c1. The summed E-state index contributed by atoms with van der Waals surface area (Å²) in [5.41, 5.74) is 3.98. The number of thiophene rings is 1. The van der Waals surface area contributed by atoms with Crippen molar-refractivity contribution in [1.82, 2.24) is 9.55 Å². The summed E-state index contributed by atoms with van der Waals surface area (Å²) in [6, 6.07) is 25.6. The Balaban J connectivity index is 1.65. The highest BCUT2D eigenvalue weighted by Gasteiger charge is 2.19. The minimum Gasteiger partial charge on any atom is -0.439 e. The molecule has 4 aromatic heterocycles. The fraction of sp³-hybridized carbons (Fsp3) is 0. The molecule has 0 aliphatic carbocycles. The predicted octanol–water partition coefficient (Wildman–Crippen LogP) is 7.29.